The van der Waals surface area contributed by atoms with Crippen LogP contribution in [0, 0.1) is 0 Å². The molecule has 3 N–H and O–H groups in total. The molecular weight excluding hydrogens is 376 g/mol. The van der Waals surface area contributed by atoms with Gasteiger partial charge in [-0.05, 0) is 36.0 Å². The number of nitrogens with one attached hydrogen (secondary N) is 1. The molecule has 0 unspecified atom stereocenters. The number of hydrogen-bond acceptors (Lipinski definition) is 7. The van der Waals surface area contributed by atoms with Crippen LogP contribution in [0.5, 0.6) is 5.75 Å². The second-order valence-electron chi connectivity index (χ2n) is 5.37. The lowest BCUT2D eigenvalue weighted by Gasteiger charge is -2.12. The summed E-state index contributed by atoms with van der Waals surface area (Å²) in [6.07, 6.45) is 2.83. The van der Waals surface area contributed by atoms with Crippen LogP contribution in [0.4, 0.5) is 10.5 Å². The van der Waals surface area contributed by atoms with Gasteiger partial charge in [-0.15, -0.1) is 0 Å². The van der Waals surface area contributed by atoms with Crippen LogP contribution in [-0.2, 0) is 9.59 Å². The van der Waals surface area contributed by atoms with E-state index in [1.807, 2.05) is 0 Å². The van der Waals surface area contributed by atoms with E-state index in [9.17, 15) is 24.3 Å². The second kappa shape index (κ2) is 7.38. The first-order valence-corrected chi connectivity index (χ1v) is 8.32. The number of anilines is 1. The van der Waals surface area contributed by atoms with E-state index in [-0.39, 0.29) is 16.2 Å². The van der Waals surface area contributed by atoms with Crippen molar-refractivity contribution in [2.75, 3.05) is 11.9 Å². The van der Waals surface area contributed by atoms with Gasteiger partial charge >= 0.3 is 5.97 Å². The van der Waals surface area contributed by atoms with E-state index >= 15 is 0 Å². The monoisotopic (exact) mass is 388 g/mol. The maximum absolute atomic E-state index is 12.3. The molecule has 0 bridgehead atoms. The fraction of sp³-hybridized carbons (Fsp3) is 0.0588. The maximum atomic E-state index is 12.3. The zero-order valence-electron chi connectivity index (χ0n) is 13.5. The number of carboxylic acids is 1. The Balaban J connectivity index is 1.67. The number of aromatic carboxylic acids is 1. The molecule has 0 aliphatic carbocycles. The van der Waals surface area contributed by atoms with Crippen LogP contribution in [0.1, 0.15) is 16.1 Å². The first kappa shape index (κ1) is 18.3. The van der Waals surface area contributed by atoms with Crippen molar-refractivity contribution in [2.45, 2.75) is 0 Å². The summed E-state index contributed by atoms with van der Waals surface area (Å²) in [7, 11) is 0. The van der Waals surface area contributed by atoms with E-state index < -0.39 is 35.3 Å². The van der Waals surface area contributed by atoms with Gasteiger partial charge in [0.05, 0.1) is 11.2 Å². The molecular formula is C17H12N2O7S. The molecule has 2 aromatic rings. The predicted molar refractivity (Wildman–Crippen MR) is 95.1 cm³/mol. The standard InChI is InChI=1S/C17H12N2O7S/c20-12-6-9(3-4-11(12)16(23)24)18-14(21)8-19-15(22)13(27-17(19)25)7-10-2-1-5-26-10/h1-7,20H,8H2,(H,18,21)(H,23,24). The third-order valence-corrected chi connectivity index (χ3v) is 4.41. The summed E-state index contributed by atoms with van der Waals surface area (Å²) >= 11 is 0.689. The topological polar surface area (TPSA) is 137 Å². The number of amides is 3. The Bertz CT molecular complexity index is 966. The number of carbonyl (C=O) groups excluding carboxylic acids is 3. The molecule has 0 saturated carbocycles. The summed E-state index contributed by atoms with van der Waals surface area (Å²) in [6, 6.07) is 6.72. The maximum Gasteiger partial charge on any atom is 0.339 e. The molecule has 10 heteroatoms. The van der Waals surface area contributed by atoms with Crippen molar-refractivity contribution < 1.29 is 33.8 Å². The largest absolute Gasteiger partial charge is 0.507 e. The van der Waals surface area contributed by atoms with E-state index in [0.717, 1.165) is 17.0 Å². The van der Waals surface area contributed by atoms with Gasteiger partial charge in [-0.1, -0.05) is 0 Å². The van der Waals surface area contributed by atoms with Crippen molar-refractivity contribution >= 4 is 46.5 Å². The lowest BCUT2D eigenvalue weighted by molar-refractivity contribution is -0.127. The SMILES string of the molecule is O=C(CN1C(=O)SC(=Cc2ccco2)C1=O)Nc1ccc(C(=O)O)c(O)c1. The van der Waals surface area contributed by atoms with E-state index in [4.69, 9.17) is 9.52 Å². The van der Waals surface area contributed by atoms with Crippen molar-refractivity contribution in [2.24, 2.45) is 0 Å². The molecule has 9 nitrogen and oxygen atoms in total. The number of thioether (sulfide) groups is 1. The zero-order valence-corrected chi connectivity index (χ0v) is 14.4. The van der Waals surface area contributed by atoms with Crippen molar-refractivity contribution in [1.29, 1.82) is 0 Å². The first-order valence-electron chi connectivity index (χ1n) is 7.50. The lowest BCUT2D eigenvalue weighted by atomic mass is 10.2. The molecule has 1 aliphatic heterocycles. The third-order valence-electron chi connectivity index (χ3n) is 3.50. The summed E-state index contributed by atoms with van der Waals surface area (Å²) in [6.45, 7) is -0.526. The molecule has 0 radical (unpaired) electrons. The van der Waals surface area contributed by atoms with Gasteiger partial charge in [-0.2, -0.15) is 0 Å². The van der Waals surface area contributed by atoms with Gasteiger partial charge in [0.2, 0.25) is 5.91 Å². The van der Waals surface area contributed by atoms with E-state index in [1.165, 1.54) is 18.4 Å². The molecule has 1 aromatic heterocycles. The Morgan fingerprint density at radius 2 is 2.04 bits per heavy atom. The van der Waals surface area contributed by atoms with Crippen LogP contribution in [0.3, 0.4) is 0 Å². The average Bonchev–Trinajstić information content (AvgIpc) is 3.19. The summed E-state index contributed by atoms with van der Waals surface area (Å²) in [5.74, 6) is -2.74. The van der Waals surface area contributed by atoms with Crippen LogP contribution in [0.2, 0.25) is 0 Å². The van der Waals surface area contributed by atoms with Crippen LogP contribution in [-0.4, -0.2) is 44.7 Å². The number of imide groups is 1. The van der Waals surface area contributed by atoms with Crippen molar-refractivity contribution in [1.82, 2.24) is 4.90 Å². The van der Waals surface area contributed by atoms with Crippen molar-refractivity contribution in [3.8, 4) is 5.75 Å². The van der Waals surface area contributed by atoms with Gasteiger partial charge < -0.3 is 19.9 Å². The molecule has 138 valence electrons. The highest BCUT2D eigenvalue weighted by atomic mass is 32.2. The summed E-state index contributed by atoms with van der Waals surface area (Å²) < 4.78 is 5.10. The minimum atomic E-state index is -1.31. The quantitative estimate of drug-likeness (QED) is 0.664. The van der Waals surface area contributed by atoms with Gasteiger partial charge in [0.15, 0.2) is 0 Å². The van der Waals surface area contributed by atoms with E-state index in [1.54, 1.807) is 12.1 Å². The summed E-state index contributed by atoms with van der Waals surface area (Å²) in [5, 5.41) is 20.3. The Kier molecular flexibility index (Phi) is 4.99. The number of carboxylic acid groups (broad SMARTS) is 1. The molecule has 3 rings (SSSR count). The highest BCUT2D eigenvalue weighted by Crippen LogP contribution is 2.32. The molecule has 1 saturated heterocycles. The molecule has 2 heterocycles. The molecule has 1 aromatic carbocycles. The minimum absolute atomic E-state index is 0.126. The predicted octanol–water partition coefficient (Wildman–Crippen LogP) is 2.36. The molecule has 0 atom stereocenters. The highest BCUT2D eigenvalue weighted by Gasteiger charge is 2.36. The Morgan fingerprint density at radius 3 is 2.67 bits per heavy atom. The normalized spacial score (nSPS) is 15.4. The smallest absolute Gasteiger partial charge is 0.339 e. The summed E-state index contributed by atoms with van der Waals surface area (Å²) in [5.41, 5.74) is -0.192. The van der Waals surface area contributed by atoms with E-state index in [0.29, 0.717) is 17.5 Å². The van der Waals surface area contributed by atoms with Gasteiger partial charge in [-0.25, -0.2) is 4.79 Å². The Hall–Kier alpha value is -3.53. The Morgan fingerprint density at radius 1 is 1.26 bits per heavy atom. The van der Waals surface area contributed by atoms with Gasteiger partial charge in [0, 0.05) is 17.8 Å². The number of rotatable bonds is 5. The number of aromatic hydroxyl groups is 1. The molecule has 3 amide bonds. The second-order valence-corrected chi connectivity index (χ2v) is 6.36. The van der Waals surface area contributed by atoms with Gasteiger partial charge in [-0.3, -0.25) is 19.3 Å². The van der Waals surface area contributed by atoms with Crippen molar-refractivity contribution in [3.63, 3.8) is 0 Å². The number of hydrogen-bond donors (Lipinski definition) is 3. The molecule has 1 fully saturated rings. The first-order chi connectivity index (χ1) is 12.8. The van der Waals surface area contributed by atoms with Crippen LogP contribution in [0.15, 0.2) is 45.9 Å². The molecule has 27 heavy (non-hydrogen) atoms. The third kappa shape index (κ3) is 4.01. The number of phenols is 1. The average molecular weight is 388 g/mol. The number of furan rings is 1. The lowest BCUT2D eigenvalue weighted by Crippen LogP contribution is -2.36. The van der Waals surface area contributed by atoms with Gasteiger partial charge in [0.1, 0.15) is 23.6 Å². The summed E-state index contributed by atoms with van der Waals surface area (Å²) in [4.78, 5) is 48.2. The molecule has 1 aliphatic rings. The van der Waals surface area contributed by atoms with Gasteiger partial charge in [0.25, 0.3) is 11.1 Å². The zero-order chi connectivity index (χ0) is 19.6. The fourth-order valence-electron chi connectivity index (χ4n) is 2.27. The number of benzene rings is 1. The van der Waals surface area contributed by atoms with Crippen molar-refractivity contribution in [3.05, 3.63) is 52.8 Å². The van der Waals surface area contributed by atoms with E-state index in [2.05, 4.69) is 5.32 Å². The minimum Gasteiger partial charge on any atom is -0.507 e. The fourth-order valence-corrected chi connectivity index (χ4v) is 3.09. The van der Waals surface area contributed by atoms with Crippen LogP contribution >= 0.6 is 11.8 Å². The number of carbonyl (C=O) groups is 4. The van der Waals surface area contributed by atoms with Crippen LogP contribution < -0.4 is 5.32 Å². The molecule has 0 spiro atoms. The van der Waals surface area contributed by atoms with Crippen LogP contribution in [0.25, 0.3) is 6.08 Å². The number of nitrogens with zero attached hydrogens (tertiary/aromatic N) is 1. The Labute approximate surface area is 156 Å². The highest BCUT2D eigenvalue weighted by molar-refractivity contribution is 8.18.